The lowest BCUT2D eigenvalue weighted by molar-refractivity contribution is 0.0514. The number of esters is 1. The first kappa shape index (κ1) is 33.7. The average Bonchev–Trinajstić information content (AvgIpc) is 3.59. The number of carbonyl (C=O) groups is 1. The number of carbonyl (C=O) groups excluding carboxylic acids is 1. The van der Waals surface area contributed by atoms with Gasteiger partial charge in [-0.15, -0.1) is 6.58 Å². The number of ether oxygens (including phenoxy) is 4. The van der Waals surface area contributed by atoms with Crippen molar-refractivity contribution >= 4 is 27.6 Å². The molecule has 0 amide bonds. The van der Waals surface area contributed by atoms with Crippen molar-refractivity contribution in [3.8, 4) is 16.9 Å². The summed E-state index contributed by atoms with van der Waals surface area (Å²) in [5.41, 5.74) is 7.10. The van der Waals surface area contributed by atoms with Gasteiger partial charge in [0.2, 0.25) is 0 Å². The predicted octanol–water partition coefficient (Wildman–Crippen LogP) is 8.34. The fourth-order valence-corrected chi connectivity index (χ4v) is 6.53. The third-order valence-electron chi connectivity index (χ3n) is 8.70. The lowest BCUT2D eigenvalue weighted by atomic mass is 9.98. The molecule has 0 aliphatic heterocycles. The maximum atomic E-state index is 13.6. The van der Waals surface area contributed by atoms with Gasteiger partial charge in [0.15, 0.2) is 0 Å². The van der Waals surface area contributed by atoms with E-state index in [9.17, 15) is 4.79 Å². The third kappa shape index (κ3) is 7.31. The van der Waals surface area contributed by atoms with Gasteiger partial charge < -0.3 is 23.5 Å². The number of hydrogen-bond donors (Lipinski definition) is 0. The van der Waals surface area contributed by atoms with Crippen LogP contribution in [0.3, 0.4) is 0 Å². The molecule has 8 nitrogen and oxygen atoms in total. The fourth-order valence-electron chi connectivity index (χ4n) is 6.53. The lowest BCUT2D eigenvalue weighted by Gasteiger charge is -2.12. The smallest absolute Gasteiger partial charge is 0.355 e. The number of benzene rings is 4. The topological polar surface area (TPSA) is 76.7 Å². The summed E-state index contributed by atoms with van der Waals surface area (Å²) in [6, 6.07) is 30.6. The van der Waals surface area contributed by atoms with Crippen LogP contribution in [0.1, 0.15) is 46.3 Å². The Morgan fingerprint density at radius 2 is 1.61 bits per heavy atom. The second kappa shape index (κ2) is 15.8. The normalized spacial score (nSPS) is 11.3. The molecule has 2 heterocycles. The molecular weight excluding hydrogens is 614 g/mol. The minimum Gasteiger partial charge on any atom is -0.493 e. The highest BCUT2D eigenvalue weighted by molar-refractivity contribution is 6.04. The van der Waals surface area contributed by atoms with E-state index in [2.05, 4.69) is 36.9 Å². The van der Waals surface area contributed by atoms with Gasteiger partial charge in [0, 0.05) is 36.0 Å². The molecule has 0 aliphatic rings. The van der Waals surface area contributed by atoms with Gasteiger partial charge in [-0.3, -0.25) is 4.68 Å². The molecule has 49 heavy (non-hydrogen) atoms. The van der Waals surface area contributed by atoms with Crippen molar-refractivity contribution in [3.63, 3.8) is 0 Å². The maximum Gasteiger partial charge on any atom is 0.355 e. The molecular formula is C41H43N3O5. The Kier molecular flexibility index (Phi) is 10.9. The molecule has 0 saturated heterocycles. The highest BCUT2D eigenvalue weighted by Crippen LogP contribution is 2.38. The number of hydrogen-bond acceptors (Lipinski definition) is 6. The summed E-state index contributed by atoms with van der Waals surface area (Å²) in [6.07, 6.45) is 3.08. The van der Waals surface area contributed by atoms with Gasteiger partial charge in [-0.25, -0.2) is 4.79 Å². The molecule has 0 aliphatic carbocycles. The van der Waals surface area contributed by atoms with E-state index in [1.807, 2.05) is 90.9 Å². The average molecular weight is 658 g/mol. The standard InChI is InChI=1S/C41H43N3O5/c1-5-24-46-28-36-38(35(42-44(36)4)27-47-26-29-15-8-7-9-16-29)34-21-13-20-32-33(40(41(45)48-6-2)43(3)39(32)34)22-14-25-49-37-23-12-18-30-17-10-11-19-31(30)37/h5,7-13,15-21,23H,1,6,14,22,24-28H2,2-4H3. The molecule has 0 unspecified atom stereocenters. The molecule has 0 saturated carbocycles. The van der Waals surface area contributed by atoms with E-state index in [4.69, 9.17) is 24.0 Å². The Morgan fingerprint density at radius 1 is 0.857 bits per heavy atom. The molecule has 0 N–H and O–H groups in total. The van der Waals surface area contributed by atoms with E-state index in [1.165, 1.54) is 0 Å². The van der Waals surface area contributed by atoms with Crippen molar-refractivity contribution < 1.29 is 23.7 Å². The van der Waals surface area contributed by atoms with Gasteiger partial charge in [-0.05, 0) is 42.3 Å². The Bertz CT molecular complexity index is 2060. The molecule has 0 fully saturated rings. The zero-order valence-corrected chi connectivity index (χ0v) is 28.5. The molecule has 2 aromatic heterocycles. The molecule has 6 aromatic rings. The summed E-state index contributed by atoms with van der Waals surface area (Å²) >= 11 is 0. The number of aromatic nitrogens is 3. The number of nitrogens with zero attached hydrogens (tertiary/aromatic N) is 3. The van der Waals surface area contributed by atoms with Gasteiger partial charge in [-0.2, -0.15) is 5.10 Å². The molecule has 0 radical (unpaired) electrons. The van der Waals surface area contributed by atoms with Crippen molar-refractivity contribution in [2.45, 2.75) is 39.6 Å². The lowest BCUT2D eigenvalue weighted by Crippen LogP contribution is -2.13. The molecule has 0 spiro atoms. The molecule has 252 valence electrons. The number of aryl methyl sites for hydroxylation is 3. The summed E-state index contributed by atoms with van der Waals surface area (Å²) < 4.78 is 27.9. The minimum atomic E-state index is -0.343. The Hall–Kier alpha value is -5.18. The van der Waals surface area contributed by atoms with E-state index in [1.54, 1.807) is 6.08 Å². The fraction of sp³-hybridized carbons (Fsp3) is 0.268. The monoisotopic (exact) mass is 657 g/mol. The Balaban J connectivity index is 1.36. The van der Waals surface area contributed by atoms with E-state index in [-0.39, 0.29) is 12.6 Å². The predicted molar refractivity (Wildman–Crippen MR) is 194 cm³/mol. The first-order chi connectivity index (χ1) is 24.0. The molecule has 0 atom stereocenters. The van der Waals surface area contributed by atoms with E-state index >= 15 is 0 Å². The van der Waals surface area contributed by atoms with Gasteiger partial charge in [0.1, 0.15) is 11.4 Å². The van der Waals surface area contributed by atoms with Crippen LogP contribution >= 0.6 is 0 Å². The van der Waals surface area contributed by atoms with Crippen LogP contribution in [0.5, 0.6) is 5.75 Å². The number of fused-ring (bicyclic) bond motifs is 2. The first-order valence-electron chi connectivity index (χ1n) is 16.7. The van der Waals surface area contributed by atoms with Crippen molar-refractivity contribution in [2.24, 2.45) is 14.1 Å². The van der Waals surface area contributed by atoms with Gasteiger partial charge in [-0.1, -0.05) is 91.0 Å². The van der Waals surface area contributed by atoms with Crippen LogP contribution < -0.4 is 4.74 Å². The number of para-hydroxylation sites is 1. The Morgan fingerprint density at radius 3 is 2.43 bits per heavy atom. The number of rotatable bonds is 16. The molecule has 6 rings (SSSR count). The highest BCUT2D eigenvalue weighted by atomic mass is 16.5. The van der Waals surface area contributed by atoms with Crippen molar-refractivity contribution in [1.29, 1.82) is 0 Å². The van der Waals surface area contributed by atoms with E-state index in [0.717, 1.165) is 61.1 Å². The molecule has 0 bridgehead atoms. The SMILES string of the molecule is C=CCOCc1c(-c2cccc3c(CCCOc4cccc5ccccc45)c(C(=O)OCC)n(C)c23)c(COCc2ccccc2)nn1C. The minimum absolute atomic E-state index is 0.285. The zero-order valence-electron chi connectivity index (χ0n) is 28.5. The summed E-state index contributed by atoms with van der Waals surface area (Å²) in [6.45, 7) is 7.95. The Labute approximate surface area is 287 Å². The summed E-state index contributed by atoms with van der Waals surface area (Å²) in [4.78, 5) is 13.6. The molecule has 8 heteroatoms. The second-order valence-electron chi connectivity index (χ2n) is 11.9. The quantitative estimate of drug-likeness (QED) is 0.0592. The maximum absolute atomic E-state index is 13.6. The van der Waals surface area contributed by atoms with Crippen LogP contribution in [0.2, 0.25) is 0 Å². The van der Waals surface area contributed by atoms with Crippen LogP contribution in [0.15, 0.2) is 104 Å². The second-order valence-corrected chi connectivity index (χ2v) is 11.9. The van der Waals surface area contributed by atoms with Gasteiger partial charge in [0.25, 0.3) is 0 Å². The largest absolute Gasteiger partial charge is 0.493 e. The van der Waals surface area contributed by atoms with Crippen molar-refractivity contribution in [1.82, 2.24) is 14.3 Å². The van der Waals surface area contributed by atoms with Crippen molar-refractivity contribution in [2.75, 3.05) is 19.8 Å². The van der Waals surface area contributed by atoms with Gasteiger partial charge >= 0.3 is 5.97 Å². The third-order valence-corrected chi connectivity index (χ3v) is 8.70. The molecule has 4 aromatic carbocycles. The summed E-state index contributed by atoms with van der Waals surface area (Å²) in [5, 5.41) is 8.12. The van der Waals surface area contributed by atoms with Crippen molar-refractivity contribution in [3.05, 3.63) is 132 Å². The van der Waals surface area contributed by atoms with Crippen LogP contribution in [0.4, 0.5) is 0 Å². The van der Waals surface area contributed by atoms with Crippen LogP contribution in [-0.2, 0) is 54.5 Å². The van der Waals surface area contributed by atoms with Gasteiger partial charge in [0.05, 0.1) is 56.5 Å². The summed E-state index contributed by atoms with van der Waals surface area (Å²) in [7, 11) is 3.86. The van der Waals surface area contributed by atoms with Crippen LogP contribution in [-0.4, -0.2) is 40.1 Å². The first-order valence-corrected chi connectivity index (χ1v) is 16.7. The van der Waals surface area contributed by atoms with E-state index < -0.39 is 0 Å². The summed E-state index contributed by atoms with van der Waals surface area (Å²) in [5.74, 6) is 0.512. The zero-order chi connectivity index (χ0) is 34.2. The highest BCUT2D eigenvalue weighted by Gasteiger charge is 2.27. The van der Waals surface area contributed by atoms with Crippen LogP contribution in [0, 0.1) is 0 Å². The van der Waals surface area contributed by atoms with Crippen LogP contribution in [0.25, 0.3) is 32.8 Å². The van der Waals surface area contributed by atoms with E-state index in [0.29, 0.717) is 51.6 Å².